The SMILES string of the molecule is N#Cc1c(C(F)F)cc(C(F)(F)F)nc1CC(=O)O. The zero-order valence-corrected chi connectivity index (χ0v) is 9.00. The number of halogens is 5. The van der Waals surface area contributed by atoms with Crippen molar-refractivity contribution in [1.82, 2.24) is 4.98 Å². The number of hydrogen-bond donors (Lipinski definition) is 1. The Morgan fingerprint density at radius 2 is 2.05 bits per heavy atom. The fourth-order valence-electron chi connectivity index (χ4n) is 1.34. The minimum absolute atomic E-state index is 0.0502. The molecule has 0 fully saturated rings. The van der Waals surface area contributed by atoms with Gasteiger partial charge in [0.25, 0.3) is 6.43 Å². The average molecular weight is 280 g/mol. The molecule has 0 amide bonds. The van der Waals surface area contributed by atoms with Gasteiger partial charge < -0.3 is 5.11 Å². The summed E-state index contributed by atoms with van der Waals surface area (Å²) in [7, 11) is 0. The predicted molar refractivity (Wildman–Crippen MR) is 50.3 cm³/mol. The monoisotopic (exact) mass is 280 g/mol. The Labute approximate surface area is 103 Å². The zero-order chi connectivity index (χ0) is 14.8. The normalized spacial score (nSPS) is 11.4. The van der Waals surface area contributed by atoms with Crippen molar-refractivity contribution in [2.75, 3.05) is 0 Å². The van der Waals surface area contributed by atoms with Crippen LogP contribution in [0.4, 0.5) is 22.0 Å². The van der Waals surface area contributed by atoms with Gasteiger partial charge in [-0.3, -0.25) is 4.79 Å². The minimum Gasteiger partial charge on any atom is -0.481 e. The number of aromatic nitrogens is 1. The Morgan fingerprint density at radius 3 is 2.42 bits per heavy atom. The molecule has 0 spiro atoms. The number of aliphatic carboxylic acids is 1. The van der Waals surface area contributed by atoms with E-state index in [1.807, 2.05) is 0 Å². The molecule has 0 bridgehead atoms. The van der Waals surface area contributed by atoms with E-state index in [1.54, 1.807) is 0 Å². The molecule has 1 N–H and O–H groups in total. The Balaban J connectivity index is 3.55. The van der Waals surface area contributed by atoms with Gasteiger partial charge in [-0.1, -0.05) is 0 Å². The van der Waals surface area contributed by atoms with Crippen LogP contribution < -0.4 is 0 Å². The van der Waals surface area contributed by atoms with Crippen molar-refractivity contribution in [3.05, 3.63) is 28.6 Å². The molecule has 9 heteroatoms. The summed E-state index contributed by atoms with van der Waals surface area (Å²) in [6.07, 6.45) is -9.40. The maximum atomic E-state index is 12.6. The Kier molecular flexibility index (Phi) is 4.04. The highest BCUT2D eigenvalue weighted by molar-refractivity contribution is 5.71. The van der Waals surface area contributed by atoms with Gasteiger partial charge in [0.05, 0.1) is 17.7 Å². The van der Waals surface area contributed by atoms with Crippen LogP contribution in [0.15, 0.2) is 6.07 Å². The van der Waals surface area contributed by atoms with Crippen molar-refractivity contribution in [2.45, 2.75) is 19.0 Å². The van der Waals surface area contributed by atoms with E-state index in [2.05, 4.69) is 4.98 Å². The van der Waals surface area contributed by atoms with Gasteiger partial charge >= 0.3 is 12.1 Å². The molecule has 1 aromatic rings. The van der Waals surface area contributed by atoms with E-state index >= 15 is 0 Å². The first-order valence-corrected chi connectivity index (χ1v) is 4.68. The lowest BCUT2D eigenvalue weighted by Crippen LogP contribution is -2.15. The van der Waals surface area contributed by atoms with Gasteiger partial charge in [0.15, 0.2) is 0 Å². The molecule has 102 valence electrons. The lowest BCUT2D eigenvalue weighted by molar-refractivity contribution is -0.142. The largest absolute Gasteiger partial charge is 0.481 e. The summed E-state index contributed by atoms with van der Waals surface area (Å²) in [5, 5.41) is 17.1. The molecule has 0 unspecified atom stereocenters. The van der Waals surface area contributed by atoms with Crippen LogP contribution in [0, 0.1) is 11.3 Å². The Morgan fingerprint density at radius 1 is 1.47 bits per heavy atom. The highest BCUT2D eigenvalue weighted by atomic mass is 19.4. The number of carboxylic acids is 1. The zero-order valence-electron chi connectivity index (χ0n) is 9.00. The molecule has 0 saturated heterocycles. The van der Waals surface area contributed by atoms with Crippen molar-refractivity contribution in [1.29, 1.82) is 5.26 Å². The Hall–Kier alpha value is -2.24. The summed E-state index contributed by atoms with van der Waals surface area (Å²) < 4.78 is 62.6. The molecule has 19 heavy (non-hydrogen) atoms. The van der Waals surface area contributed by atoms with Crippen LogP contribution >= 0.6 is 0 Å². The first-order valence-electron chi connectivity index (χ1n) is 4.68. The first kappa shape index (κ1) is 14.8. The van der Waals surface area contributed by atoms with Crippen LogP contribution in [0.25, 0.3) is 0 Å². The number of nitrogens with zero attached hydrogens (tertiary/aromatic N) is 2. The molecule has 0 aliphatic rings. The van der Waals surface area contributed by atoms with Crippen LogP contribution in [0.3, 0.4) is 0 Å². The highest BCUT2D eigenvalue weighted by Crippen LogP contribution is 2.33. The van der Waals surface area contributed by atoms with Crippen LogP contribution in [0.2, 0.25) is 0 Å². The van der Waals surface area contributed by atoms with Gasteiger partial charge in [0, 0.05) is 5.56 Å². The molecule has 4 nitrogen and oxygen atoms in total. The number of rotatable bonds is 3. The van der Waals surface area contributed by atoms with Crippen molar-refractivity contribution in [3.8, 4) is 6.07 Å². The minimum atomic E-state index is -5.01. The number of carbonyl (C=O) groups is 1. The van der Waals surface area contributed by atoms with E-state index in [0.29, 0.717) is 0 Å². The Bertz CT molecular complexity index is 548. The molecule has 0 aromatic carbocycles. The second-order valence-corrected chi connectivity index (χ2v) is 3.40. The summed E-state index contributed by atoms with van der Waals surface area (Å²) >= 11 is 0. The van der Waals surface area contributed by atoms with Gasteiger partial charge in [0.2, 0.25) is 0 Å². The van der Waals surface area contributed by atoms with E-state index in [0.717, 1.165) is 0 Å². The molecular weight excluding hydrogens is 275 g/mol. The number of carboxylic acid groups (broad SMARTS) is 1. The topological polar surface area (TPSA) is 74.0 Å². The van der Waals surface area contributed by atoms with Gasteiger partial charge in [0.1, 0.15) is 11.8 Å². The third-order valence-corrected chi connectivity index (χ3v) is 2.08. The van der Waals surface area contributed by atoms with Crippen molar-refractivity contribution in [3.63, 3.8) is 0 Å². The van der Waals surface area contributed by atoms with Gasteiger partial charge in [-0.15, -0.1) is 0 Å². The number of hydrogen-bond acceptors (Lipinski definition) is 3. The summed E-state index contributed by atoms with van der Waals surface area (Å²) in [6.45, 7) is 0. The number of pyridine rings is 1. The first-order chi connectivity index (χ1) is 8.66. The summed E-state index contributed by atoms with van der Waals surface area (Å²) in [6, 6.07) is 1.31. The molecule has 0 radical (unpaired) electrons. The second kappa shape index (κ2) is 5.17. The van der Waals surface area contributed by atoms with Gasteiger partial charge in [-0.05, 0) is 6.07 Å². The average Bonchev–Trinajstić information content (AvgIpc) is 2.25. The molecule has 1 aromatic heterocycles. The second-order valence-electron chi connectivity index (χ2n) is 3.40. The maximum Gasteiger partial charge on any atom is 0.433 e. The summed E-state index contributed by atoms with van der Waals surface area (Å²) in [5.74, 6) is -1.58. The smallest absolute Gasteiger partial charge is 0.433 e. The molecule has 0 saturated carbocycles. The van der Waals surface area contributed by atoms with E-state index < -0.39 is 47.5 Å². The third-order valence-electron chi connectivity index (χ3n) is 2.08. The molecule has 1 rings (SSSR count). The molecule has 0 atom stereocenters. The summed E-state index contributed by atoms with van der Waals surface area (Å²) in [4.78, 5) is 13.4. The van der Waals surface area contributed by atoms with Crippen LogP contribution in [-0.4, -0.2) is 16.1 Å². The van der Waals surface area contributed by atoms with Gasteiger partial charge in [-0.2, -0.15) is 18.4 Å². The van der Waals surface area contributed by atoms with E-state index in [9.17, 15) is 26.7 Å². The lowest BCUT2D eigenvalue weighted by atomic mass is 10.0. The van der Waals surface area contributed by atoms with Crippen LogP contribution in [0.1, 0.15) is 28.9 Å². The predicted octanol–water partition coefficient (Wildman–Crippen LogP) is 2.54. The molecular formula is C10H5F5N2O2. The maximum absolute atomic E-state index is 12.6. The molecule has 0 aliphatic carbocycles. The van der Waals surface area contributed by atoms with E-state index in [-0.39, 0.29) is 6.07 Å². The summed E-state index contributed by atoms with van der Waals surface area (Å²) in [5.41, 5.74) is -4.51. The fraction of sp³-hybridized carbons (Fsp3) is 0.300. The van der Waals surface area contributed by atoms with Crippen molar-refractivity contribution >= 4 is 5.97 Å². The van der Waals surface area contributed by atoms with Gasteiger partial charge in [-0.25, -0.2) is 13.8 Å². The quantitative estimate of drug-likeness (QED) is 0.863. The standard InChI is InChI=1S/C10H5F5N2O2/c11-9(12)4-1-7(10(13,14)15)17-6(2-8(18)19)5(4)3-16/h1,9H,2H2,(H,18,19). The number of nitriles is 1. The van der Waals surface area contributed by atoms with E-state index in [4.69, 9.17) is 10.4 Å². The highest BCUT2D eigenvalue weighted by Gasteiger charge is 2.35. The fourth-order valence-corrected chi connectivity index (χ4v) is 1.34. The van der Waals surface area contributed by atoms with E-state index in [1.165, 1.54) is 6.07 Å². The third kappa shape index (κ3) is 3.37. The van der Waals surface area contributed by atoms with Crippen LogP contribution in [-0.2, 0) is 17.4 Å². The number of alkyl halides is 5. The van der Waals surface area contributed by atoms with Crippen LogP contribution in [0.5, 0.6) is 0 Å². The van der Waals surface area contributed by atoms with Crippen molar-refractivity contribution in [2.24, 2.45) is 0 Å². The molecule has 0 aliphatic heterocycles. The molecule has 1 heterocycles. The lowest BCUT2D eigenvalue weighted by Gasteiger charge is -2.12. The van der Waals surface area contributed by atoms with Crippen molar-refractivity contribution < 1.29 is 31.9 Å².